The molecular weight excluding hydrogens is 452 g/mol. The number of anilines is 1. The van der Waals surface area contributed by atoms with Crippen LogP contribution in [-0.2, 0) is 13.0 Å². The number of aryl methyl sites for hydroxylation is 2. The summed E-state index contributed by atoms with van der Waals surface area (Å²) in [5.74, 6) is 2.19. The molecule has 0 spiro atoms. The average Bonchev–Trinajstić information content (AvgIpc) is 3.48. The summed E-state index contributed by atoms with van der Waals surface area (Å²) in [6.45, 7) is 5.91. The van der Waals surface area contributed by atoms with Gasteiger partial charge in [0.15, 0.2) is 11.6 Å². The molecule has 3 aromatic rings. The molecule has 5 rings (SSSR count). The Morgan fingerprint density at radius 2 is 1.97 bits per heavy atom. The minimum absolute atomic E-state index is 0.161. The first-order valence-electron chi connectivity index (χ1n) is 11.5. The Hall–Kier alpha value is -3.89. The Bertz CT molecular complexity index is 1250. The largest absolute Gasteiger partial charge is 0.491 e. The highest BCUT2D eigenvalue weighted by molar-refractivity contribution is 5.92. The quantitative estimate of drug-likeness (QED) is 0.520. The molecule has 1 saturated heterocycles. The van der Waals surface area contributed by atoms with Crippen molar-refractivity contribution in [3.05, 3.63) is 47.2 Å². The number of oxazole rings is 1. The first kappa shape index (κ1) is 22.9. The molecule has 0 N–H and O–H groups in total. The molecular formula is C24H28N6O5. The molecule has 0 aromatic carbocycles. The Balaban J connectivity index is 1.30. The van der Waals surface area contributed by atoms with Gasteiger partial charge in [0.05, 0.1) is 56.1 Å². The SMILES string of the molecule is COc1cc(N2CCc3ncnc(O[C@H]4CCN(C(=O)c5oc(C)nc5C)C4)c3C2)cnc1OC. The molecule has 1 atom stereocenters. The number of aromatic nitrogens is 4. The second-order valence-corrected chi connectivity index (χ2v) is 8.61. The topological polar surface area (TPSA) is 116 Å². The van der Waals surface area contributed by atoms with Crippen LogP contribution in [0.1, 0.15) is 39.8 Å². The molecule has 5 heterocycles. The molecule has 0 unspecified atom stereocenters. The van der Waals surface area contributed by atoms with Crippen molar-refractivity contribution in [3.63, 3.8) is 0 Å². The Morgan fingerprint density at radius 3 is 2.71 bits per heavy atom. The molecule has 184 valence electrons. The van der Waals surface area contributed by atoms with Crippen molar-refractivity contribution in [1.82, 2.24) is 24.8 Å². The third-order valence-corrected chi connectivity index (χ3v) is 6.35. The average molecular weight is 481 g/mol. The number of ether oxygens (including phenoxy) is 3. The van der Waals surface area contributed by atoms with E-state index in [0.717, 1.165) is 29.9 Å². The van der Waals surface area contributed by atoms with Crippen molar-refractivity contribution in [1.29, 1.82) is 0 Å². The summed E-state index contributed by atoms with van der Waals surface area (Å²) in [4.78, 5) is 34.3. The van der Waals surface area contributed by atoms with Gasteiger partial charge in [-0.15, -0.1) is 0 Å². The number of carbonyl (C=O) groups excluding carboxylic acids is 1. The van der Waals surface area contributed by atoms with E-state index in [4.69, 9.17) is 18.6 Å². The fraction of sp³-hybridized carbons (Fsp3) is 0.458. The van der Waals surface area contributed by atoms with E-state index in [1.54, 1.807) is 45.5 Å². The van der Waals surface area contributed by atoms with Crippen molar-refractivity contribution < 1.29 is 23.4 Å². The molecule has 0 radical (unpaired) electrons. The van der Waals surface area contributed by atoms with Crippen molar-refractivity contribution in [2.45, 2.75) is 39.3 Å². The van der Waals surface area contributed by atoms with Crippen LogP contribution in [0.2, 0.25) is 0 Å². The van der Waals surface area contributed by atoms with Gasteiger partial charge in [-0.05, 0) is 6.92 Å². The zero-order chi connectivity index (χ0) is 24.5. The minimum Gasteiger partial charge on any atom is -0.491 e. The van der Waals surface area contributed by atoms with Crippen LogP contribution < -0.4 is 19.1 Å². The highest BCUT2D eigenvalue weighted by Gasteiger charge is 2.33. The maximum absolute atomic E-state index is 12.9. The molecule has 0 saturated carbocycles. The lowest BCUT2D eigenvalue weighted by atomic mass is 10.1. The van der Waals surface area contributed by atoms with Crippen LogP contribution in [-0.4, -0.2) is 70.7 Å². The first-order valence-corrected chi connectivity index (χ1v) is 11.5. The first-order chi connectivity index (χ1) is 17.0. The molecule has 1 fully saturated rings. The number of fused-ring (bicyclic) bond motifs is 1. The smallest absolute Gasteiger partial charge is 0.291 e. The number of carbonyl (C=O) groups is 1. The van der Waals surface area contributed by atoms with Gasteiger partial charge in [-0.25, -0.2) is 19.9 Å². The van der Waals surface area contributed by atoms with Gasteiger partial charge in [-0.1, -0.05) is 0 Å². The van der Waals surface area contributed by atoms with Crippen molar-refractivity contribution >= 4 is 11.6 Å². The van der Waals surface area contributed by atoms with Crippen LogP contribution in [0.4, 0.5) is 5.69 Å². The van der Waals surface area contributed by atoms with Gasteiger partial charge in [-0.2, -0.15) is 0 Å². The van der Waals surface area contributed by atoms with Crippen LogP contribution in [0.3, 0.4) is 0 Å². The van der Waals surface area contributed by atoms with E-state index in [1.165, 1.54) is 0 Å². The van der Waals surface area contributed by atoms with Gasteiger partial charge in [0.2, 0.25) is 11.6 Å². The fourth-order valence-corrected chi connectivity index (χ4v) is 4.57. The summed E-state index contributed by atoms with van der Waals surface area (Å²) >= 11 is 0. The van der Waals surface area contributed by atoms with E-state index in [1.807, 2.05) is 6.07 Å². The highest BCUT2D eigenvalue weighted by Crippen LogP contribution is 2.33. The van der Waals surface area contributed by atoms with Crippen LogP contribution in [0.5, 0.6) is 17.5 Å². The molecule has 1 amide bonds. The zero-order valence-electron chi connectivity index (χ0n) is 20.3. The van der Waals surface area contributed by atoms with Gasteiger partial charge >= 0.3 is 0 Å². The molecule has 2 aliphatic rings. The van der Waals surface area contributed by atoms with Crippen molar-refractivity contribution in [2.75, 3.05) is 38.8 Å². The Labute approximate surface area is 203 Å². The monoisotopic (exact) mass is 480 g/mol. The fourth-order valence-electron chi connectivity index (χ4n) is 4.57. The number of hydrogen-bond acceptors (Lipinski definition) is 10. The van der Waals surface area contributed by atoms with E-state index in [-0.39, 0.29) is 12.0 Å². The predicted octanol–water partition coefficient (Wildman–Crippen LogP) is 2.35. The number of methoxy groups -OCH3 is 2. The van der Waals surface area contributed by atoms with E-state index < -0.39 is 0 Å². The summed E-state index contributed by atoms with van der Waals surface area (Å²) in [5, 5.41) is 0. The minimum atomic E-state index is -0.166. The number of pyridine rings is 1. The predicted molar refractivity (Wildman–Crippen MR) is 125 cm³/mol. The summed E-state index contributed by atoms with van der Waals surface area (Å²) in [6, 6.07) is 1.91. The highest BCUT2D eigenvalue weighted by atomic mass is 16.5. The summed E-state index contributed by atoms with van der Waals surface area (Å²) < 4.78 is 22.5. The third-order valence-electron chi connectivity index (χ3n) is 6.35. The van der Waals surface area contributed by atoms with Crippen molar-refractivity contribution in [2.24, 2.45) is 0 Å². The summed E-state index contributed by atoms with van der Waals surface area (Å²) in [5.41, 5.74) is 3.43. The standard InChI is InChI=1S/C24H28N6O5/c1-14-21(34-15(2)28-14)24(31)30-7-5-17(11-30)35-22-18-12-29(8-6-19(18)26-13-27-22)16-9-20(32-3)23(33-4)25-10-16/h9-10,13,17H,5-8,11-12H2,1-4H3/t17-/m0/s1. The van der Waals surface area contributed by atoms with Crippen molar-refractivity contribution in [3.8, 4) is 17.5 Å². The normalized spacial score (nSPS) is 17.3. The zero-order valence-corrected chi connectivity index (χ0v) is 20.3. The number of rotatable bonds is 6. The van der Waals surface area contributed by atoms with Gasteiger partial charge < -0.3 is 28.4 Å². The van der Waals surface area contributed by atoms with E-state index in [9.17, 15) is 4.79 Å². The Morgan fingerprint density at radius 1 is 1.11 bits per heavy atom. The maximum atomic E-state index is 12.9. The van der Waals surface area contributed by atoms with E-state index in [0.29, 0.717) is 60.9 Å². The maximum Gasteiger partial charge on any atom is 0.291 e. The lowest BCUT2D eigenvalue weighted by Crippen LogP contribution is -2.33. The molecule has 3 aromatic heterocycles. The molecule has 11 heteroatoms. The number of hydrogen-bond donors (Lipinski definition) is 0. The Kier molecular flexibility index (Phi) is 6.14. The van der Waals surface area contributed by atoms with E-state index in [2.05, 4.69) is 24.8 Å². The van der Waals surface area contributed by atoms with Gasteiger partial charge in [0.1, 0.15) is 12.4 Å². The van der Waals surface area contributed by atoms with Gasteiger partial charge in [0, 0.05) is 38.9 Å². The van der Waals surface area contributed by atoms with Crippen LogP contribution >= 0.6 is 0 Å². The van der Waals surface area contributed by atoms with Crippen LogP contribution in [0.15, 0.2) is 23.0 Å². The van der Waals surface area contributed by atoms with E-state index >= 15 is 0 Å². The molecule has 2 aliphatic heterocycles. The second-order valence-electron chi connectivity index (χ2n) is 8.61. The number of nitrogens with zero attached hydrogens (tertiary/aromatic N) is 6. The van der Waals surface area contributed by atoms with Gasteiger partial charge in [-0.3, -0.25) is 4.79 Å². The lowest BCUT2D eigenvalue weighted by Gasteiger charge is -2.31. The third kappa shape index (κ3) is 4.45. The molecule has 11 nitrogen and oxygen atoms in total. The summed E-state index contributed by atoms with van der Waals surface area (Å²) in [6.07, 6.45) is 4.60. The number of likely N-dealkylation sites (tertiary alicyclic amines) is 1. The lowest BCUT2D eigenvalue weighted by molar-refractivity contribution is 0.0737. The molecule has 0 aliphatic carbocycles. The number of amides is 1. The van der Waals surface area contributed by atoms with Crippen LogP contribution in [0, 0.1) is 13.8 Å². The van der Waals surface area contributed by atoms with Crippen LogP contribution in [0.25, 0.3) is 0 Å². The second kappa shape index (κ2) is 9.40. The molecule has 35 heavy (non-hydrogen) atoms. The van der Waals surface area contributed by atoms with Gasteiger partial charge in [0.25, 0.3) is 11.8 Å². The molecule has 0 bridgehead atoms. The summed E-state index contributed by atoms with van der Waals surface area (Å²) in [7, 11) is 3.16.